The minimum Gasteiger partial charge on any atom is -0.465 e. The first kappa shape index (κ1) is 56.9. The lowest BCUT2D eigenvalue weighted by Crippen LogP contribution is -2.19. The fourth-order valence-corrected chi connectivity index (χ4v) is 7.14. The van der Waals surface area contributed by atoms with E-state index in [0.29, 0.717) is 26.3 Å². The zero-order valence-corrected chi connectivity index (χ0v) is 38.0. The summed E-state index contributed by atoms with van der Waals surface area (Å²) in [6.07, 6.45) is 37.8. The van der Waals surface area contributed by atoms with E-state index >= 15 is 0 Å². The summed E-state index contributed by atoms with van der Waals surface area (Å²) in [6, 6.07) is 0. The number of hydrogen-bond acceptors (Lipinski definition) is 8. The summed E-state index contributed by atoms with van der Waals surface area (Å²) in [4.78, 5) is 25.0. The van der Waals surface area contributed by atoms with Crippen LogP contribution in [-0.4, -0.2) is 74.8 Å². The van der Waals surface area contributed by atoms with Crippen LogP contribution in [0, 0.1) is 11.8 Å². The van der Waals surface area contributed by atoms with E-state index in [-0.39, 0.29) is 37.0 Å². The predicted molar refractivity (Wildman–Crippen MR) is 239 cm³/mol. The zero-order chi connectivity index (χ0) is 41.4. The third kappa shape index (κ3) is 43.9. The Hall–Kier alpha value is -1.22. The number of aliphatic hydroxyl groups excluding tert-OH is 2. The molecule has 2 atom stereocenters. The molecule has 0 aliphatic rings. The fraction of sp³-hybridized carbons (Fsp3) is 0.958. The van der Waals surface area contributed by atoms with E-state index in [9.17, 15) is 9.59 Å². The molecule has 8 nitrogen and oxygen atoms in total. The van der Waals surface area contributed by atoms with Crippen LogP contribution in [0.5, 0.6) is 0 Å². The van der Waals surface area contributed by atoms with Crippen LogP contribution in [0.15, 0.2) is 0 Å². The van der Waals surface area contributed by atoms with Crippen LogP contribution >= 0.6 is 0 Å². The molecule has 4 N–H and O–H groups in total. The molecule has 0 aliphatic heterocycles. The van der Waals surface area contributed by atoms with Gasteiger partial charge in [-0.15, -0.1) is 0 Å². The maximum absolute atomic E-state index is 12.5. The highest BCUT2D eigenvalue weighted by atomic mass is 16.5. The Bertz CT molecular complexity index is 708. The van der Waals surface area contributed by atoms with E-state index in [1.54, 1.807) is 0 Å². The molecular formula is C48H98N2O6. The van der Waals surface area contributed by atoms with Gasteiger partial charge in [-0.05, 0) is 64.5 Å². The van der Waals surface area contributed by atoms with Crippen molar-refractivity contribution in [2.45, 2.75) is 233 Å². The fourth-order valence-electron chi connectivity index (χ4n) is 7.14. The molecule has 0 saturated carbocycles. The van der Waals surface area contributed by atoms with Gasteiger partial charge in [0.1, 0.15) is 0 Å². The van der Waals surface area contributed by atoms with Crippen LogP contribution in [-0.2, 0) is 19.1 Å². The Morgan fingerprint density at radius 2 is 0.643 bits per heavy atom. The van der Waals surface area contributed by atoms with E-state index in [1.807, 2.05) is 0 Å². The van der Waals surface area contributed by atoms with Gasteiger partial charge in [-0.1, -0.05) is 182 Å². The average molecular weight is 799 g/mol. The van der Waals surface area contributed by atoms with Gasteiger partial charge < -0.3 is 30.3 Å². The standard InChI is InChI=1S/2C24H49NO3/c2*1-3-5-7-9-10-14-18-23(17-13-8-6-4-2)24(27)28-22-16-12-11-15-19-25-20-21-26/h2*23,25-26H,3-22H2,1-2H3. The van der Waals surface area contributed by atoms with Crippen LogP contribution in [0.25, 0.3) is 0 Å². The Kier molecular flexibility index (Phi) is 50.7. The third-order valence-electron chi connectivity index (χ3n) is 10.9. The first-order valence-corrected chi connectivity index (χ1v) is 24.5. The number of nitrogens with one attached hydrogen (secondary N) is 2. The predicted octanol–water partition coefficient (Wildman–Crippen LogP) is 12.0. The first-order valence-electron chi connectivity index (χ1n) is 24.5. The highest BCUT2D eigenvalue weighted by molar-refractivity contribution is 5.72. The number of aliphatic hydroxyl groups is 2. The lowest BCUT2D eigenvalue weighted by Gasteiger charge is -2.16. The second-order valence-electron chi connectivity index (χ2n) is 16.3. The van der Waals surface area contributed by atoms with E-state index < -0.39 is 0 Å². The second-order valence-corrected chi connectivity index (χ2v) is 16.3. The van der Waals surface area contributed by atoms with Crippen molar-refractivity contribution in [1.82, 2.24) is 10.6 Å². The van der Waals surface area contributed by atoms with Gasteiger partial charge in [-0.25, -0.2) is 0 Å². The number of carbonyl (C=O) groups excluding carboxylic acids is 2. The second kappa shape index (κ2) is 49.9. The molecule has 0 amide bonds. The molecule has 2 unspecified atom stereocenters. The quantitative estimate of drug-likeness (QED) is 0.0356. The number of hydrogen-bond donors (Lipinski definition) is 4. The van der Waals surface area contributed by atoms with Crippen molar-refractivity contribution < 1.29 is 29.3 Å². The highest BCUT2D eigenvalue weighted by Gasteiger charge is 2.20. The molecule has 0 radical (unpaired) electrons. The Morgan fingerprint density at radius 3 is 0.964 bits per heavy atom. The van der Waals surface area contributed by atoms with Gasteiger partial charge in [0.2, 0.25) is 0 Å². The molecule has 0 bridgehead atoms. The average Bonchev–Trinajstić information content (AvgIpc) is 3.20. The molecular weight excluding hydrogens is 701 g/mol. The summed E-state index contributed by atoms with van der Waals surface area (Å²) in [7, 11) is 0. The van der Waals surface area contributed by atoms with E-state index in [4.69, 9.17) is 19.7 Å². The molecule has 0 rings (SSSR count). The lowest BCUT2D eigenvalue weighted by atomic mass is 9.94. The molecule has 0 aromatic carbocycles. The summed E-state index contributed by atoms with van der Waals surface area (Å²) in [6.45, 7) is 13.8. The van der Waals surface area contributed by atoms with Crippen LogP contribution in [0.3, 0.4) is 0 Å². The van der Waals surface area contributed by atoms with Gasteiger partial charge in [-0.3, -0.25) is 9.59 Å². The third-order valence-corrected chi connectivity index (χ3v) is 10.9. The SMILES string of the molecule is CCCCCCCCC(CCCCCC)C(=O)OCCCCCCNCCO.CCCCCCCCC(CCCCCC)C(=O)OCCCCCCNCCO. The van der Waals surface area contributed by atoms with Crippen LogP contribution in [0.4, 0.5) is 0 Å². The molecule has 0 heterocycles. The number of unbranched alkanes of at least 4 members (excludes halogenated alkanes) is 22. The highest BCUT2D eigenvalue weighted by Crippen LogP contribution is 2.22. The van der Waals surface area contributed by atoms with Crippen molar-refractivity contribution in [3.05, 3.63) is 0 Å². The number of esters is 2. The monoisotopic (exact) mass is 799 g/mol. The van der Waals surface area contributed by atoms with Crippen molar-refractivity contribution >= 4 is 11.9 Å². The largest absolute Gasteiger partial charge is 0.465 e. The minimum atomic E-state index is 0.0506. The van der Waals surface area contributed by atoms with Crippen molar-refractivity contribution in [3.8, 4) is 0 Å². The smallest absolute Gasteiger partial charge is 0.308 e. The Labute approximate surface area is 348 Å². The molecule has 8 heteroatoms. The minimum absolute atomic E-state index is 0.0506. The lowest BCUT2D eigenvalue weighted by molar-refractivity contribution is -0.150. The summed E-state index contributed by atoms with van der Waals surface area (Å²) in [5.41, 5.74) is 0. The molecule has 0 aromatic heterocycles. The summed E-state index contributed by atoms with van der Waals surface area (Å²) >= 11 is 0. The van der Waals surface area contributed by atoms with Gasteiger partial charge in [0, 0.05) is 13.1 Å². The summed E-state index contributed by atoms with van der Waals surface area (Å²) in [5.74, 6) is 0.334. The molecule has 0 fully saturated rings. The first-order chi connectivity index (χ1) is 27.5. The Balaban J connectivity index is 0. The van der Waals surface area contributed by atoms with Crippen molar-refractivity contribution in [1.29, 1.82) is 0 Å². The van der Waals surface area contributed by atoms with Crippen molar-refractivity contribution in [3.63, 3.8) is 0 Å². The molecule has 56 heavy (non-hydrogen) atoms. The van der Waals surface area contributed by atoms with Crippen molar-refractivity contribution in [2.75, 3.05) is 52.6 Å². The number of ether oxygens (including phenoxy) is 2. The maximum Gasteiger partial charge on any atom is 0.308 e. The molecule has 0 saturated heterocycles. The molecule has 0 aromatic rings. The van der Waals surface area contributed by atoms with Gasteiger partial charge in [0.15, 0.2) is 0 Å². The maximum atomic E-state index is 12.5. The van der Waals surface area contributed by atoms with Gasteiger partial charge in [0.05, 0.1) is 38.3 Å². The molecule has 0 aliphatic carbocycles. The van der Waals surface area contributed by atoms with Crippen LogP contribution < -0.4 is 10.6 Å². The van der Waals surface area contributed by atoms with Crippen LogP contribution in [0.2, 0.25) is 0 Å². The van der Waals surface area contributed by atoms with Gasteiger partial charge >= 0.3 is 11.9 Å². The van der Waals surface area contributed by atoms with E-state index in [2.05, 4.69) is 38.3 Å². The number of rotatable bonds is 44. The topological polar surface area (TPSA) is 117 Å². The van der Waals surface area contributed by atoms with Crippen LogP contribution in [0.1, 0.15) is 233 Å². The molecule has 0 spiro atoms. The normalized spacial score (nSPS) is 12.2. The summed E-state index contributed by atoms with van der Waals surface area (Å²) in [5, 5.41) is 23.8. The van der Waals surface area contributed by atoms with E-state index in [1.165, 1.54) is 103 Å². The Morgan fingerprint density at radius 1 is 0.375 bits per heavy atom. The van der Waals surface area contributed by atoms with Gasteiger partial charge in [-0.2, -0.15) is 0 Å². The molecule has 336 valence electrons. The number of carbonyl (C=O) groups is 2. The zero-order valence-electron chi connectivity index (χ0n) is 38.0. The van der Waals surface area contributed by atoms with Gasteiger partial charge in [0.25, 0.3) is 0 Å². The van der Waals surface area contributed by atoms with E-state index in [0.717, 1.165) is 116 Å². The summed E-state index contributed by atoms with van der Waals surface area (Å²) < 4.78 is 11.2. The van der Waals surface area contributed by atoms with Crippen molar-refractivity contribution in [2.24, 2.45) is 11.8 Å².